The molecule has 24 heavy (non-hydrogen) atoms. The largest absolute Gasteiger partial charge is 0.481 e. The van der Waals surface area contributed by atoms with Gasteiger partial charge in [0.05, 0.1) is 5.92 Å². The van der Waals surface area contributed by atoms with E-state index in [4.69, 9.17) is 5.11 Å². The zero-order valence-electron chi connectivity index (χ0n) is 14.4. The number of carbonyl (C=O) groups is 2. The lowest BCUT2D eigenvalue weighted by molar-refractivity contribution is -0.142. The topological polar surface area (TPSA) is 69.6 Å². The van der Waals surface area contributed by atoms with Crippen LogP contribution in [0.4, 0.5) is 4.79 Å². The van der Waals surface area contributed by atoms with Crippen LogP contribution in [0, 0.1) is 5.92 Å². The highest BCUT2D eigenvalue weighted by Gasteiger charge is 2.27. The number of hydrogen-bond donors (Lipinski definition) is 2. The number of rotatable bonds is 5. The summed E-state index contributed by atoms with van der Waals surface area (Å²) in [5, 5.41) is 12.0. The first kappa shape index (κ1) is 18.0. The van der Waals surface area contributed by atoms with E-state index >= 15 is 0 Å². The highest BCUT2D eigenvalue weighted by molar-refractivity contribution is 5.75. The van der Waals surface area contributed by atoms with Crippen LogP contribution in [0.3, 0.4) is 0 Å². The Morgan fingerprint density at radius 2 is 1.83 bits per heavy atom. The van der Waals surface area contributed by atoms with E-state index < -0.39 is 5.97 Å². The van der Waals surface area contributed by atoms with Crippen LogP contribution < -0.4 is 5.32 Å². The molecule has 0 unspecified atom stereocenters. The normalized spacial score (nSPS) is 21.2. The zero-order chi connectivity index (χ0) is 17.5. The molecule has 1 aromatic rings. The minimum absolute atomic E-state index is 0.0777. The van der Waals surface area contributed by atoms with Crippen molar-refractivity contribution in [3.05, 3.63) is 41.5 Å². The summed E-state index contributed by atoms with van der Waals surface area (Å²) in [6.45, 7) is 2.57. The average molecular weight is 330 g/mol. The van der Waals surface area contributed by atoms with Crippen molar-refractivity contribution in [2.24, 2.45) is 5.92 Å². The van der Waals surface area contributed by atoms with E-state index in [0.717, 1.165) is 24.0 Å². The summed E-state index contributed by atoms with van der Waals surface area (Å²) in [6.07, 6.45) is 4.81. The molecule has 5 heteroatoms. The van der Waals surface area contributed by atoms with E-state index in [1.807, 2.05) is 37.3 Å². The molecule has 0 aromatic heterocycles. The maximum Gasteiger partial charge on any atom is 0.317 e. The molecule has 0 spiro atoms. The van der Waals surface area contributed by atoms with E-state index in [1.54, 1.807) is 11.9 Å². The van der Waals surface area contributed by atoms with Gasteiger partial charge in [0.15, 0.2) is 0 Å². The fourth-order valence-electron chi connectivity index (χ4n) is 3.09. The van der Waals surface area contributed by atoms with Gasteiger partial charge in [-0.2, -0.15) is 0 Å². The first-order chi connectivity index (χ1) is 11.5. The quantitative estimate of drug-likeness (QED) is 0.869. The fourth-order valence-corrected chi connectivity index (χ4v) is 3.09. The molecule has 2 amide bonds. The van der Waals surface area contributed by atoms with E-state index in [2.05, 4.69) is 11.4 Å². The van der Waals surface area contributed by atoms with Crippen molar-refractivity contribution in [1.82, 2.24) is 10.2 Å². The predicted molar refractivity (Wildman–Crippen MR) is 94.6 cm³/mol. The second-order valence-corrected chi connectivity index (χ2v) is 6.59. The van der Waals surface area contributed by atoms with Gasteiger partial charge >= 0.3 is 12.0 Å². The van der Waals surface area contributed by atoms with Crippen molar-refractivity contribution >= 4 is 18.1 Å². The molecule has 1 fully saturated rings. The number of likely N-dealkylation sites (N-methyl/N-ethyl adjacent to an activating group) is 1. The molecule has 5 nitrogen and oxygen atoms in total. The molecule has 0 heterocycles. The van der Waals surface area contributed by atoms with Crippen molar-refractivity contribution in [2.75, 3.05) is 13.6 Å². The Bertz CT molecular complexity index is 590. The Hall–Kier alpha value is -2.30. The molecule has 2 rings (SSSR count). The molecule has 0 aliphatic heterocycles. The summed E-state index contributed by atoms with van der Waals surface area (Å²) < 4.78 is 0. The van der Waals surface area contributed by atoms with Crippen LogP contribution in [0.5, 0.6) is 0 Å². The summed E-state index contributed by atoms with van der Waals surface area (Å²) in [7, 11) is 1.78. The summed E-state index contributed by atoms with van der Waals surface area (Å²) in [4.78, 5) is 24.9. The van der Waals surface area contributed by atoms with Gasteiger partial charge in [0.1, 0.15) is 0 Å². The summed E-state index contributed by atoms with van der Waals surface area (Å²) in [5.74, 6) is -0.981. The maximum atomic E-state index is 12.3. The van der Waals surface area contributed by atoms with Crippen LogP contribution in [0.15, 0.2) is 35.9 Å². The fraction of sp³-hybridized carbons (Fsp3) is 0.474. The molecule has 1 aliphatic rings. The van der Waals surface area contributed by atoms with Crippen LogP contribution in [0.2, 0.25) is 0 Å². The molecule has 1 saturated carbocycles. The summed E-state index contributed by atoms with van der Waals surface area (Å²) >= 11 is 0. The van der Waals surface area contributed by atoms with Gasteiger partial charge in [0, 0.05) is 19.6 Å². The van der Waals surface area contributed by atoms with Crippen molar-refractivity contribution in [3.8, 4) is 0 Å². The van der Waals surface area contributed by atoms with Crippen molar-refractivity contribution in [1.29, 1.82) is 0 Å². The highest BCUT2D eigenvalue weighted by Crippen LogP contribution is 2.24. The SMILES string of the molecule is C/C(=C\c1ccccc1)CN(C)C(=O)NC1CCC(C(=O)O)CC1. The Morgan fingerprint density at radius 3 is 2.42 bits per heavy atom. The Morgan fingerprint density at radius 1 is 1.21 bits per heavy atom. The van der Waals surface area contributed by atoms with Crippen LogP contribution >= 0.6 is 0 Å². The first-order valence-corrected chi connectivity index (χ1v) is 8.42. The number of nitrogens with one attached hydrogen (secondary N) is 1. The van der Waals surface area contributed by atoms with Crippen LogP contribution in [-0.2, 0) is 4.79 Å². The number of carboxylic acids is 1. The molecule has 0 bridgehead atoms. The van der Waals surface area contributed by atoms with Crippen molar-refractivity contribution in [3.63, 3.8) is 0 Å². The number of carboxylic acid groups (broad SMARTS) is 1. The molecule has 0 radical (unpaired) electrons. The molecule has 0 atom stereocenters. The third-order valence-corrected chi connectivity index (χ3v) is 4.45. The lowest BCUT2D eigenvalue weighted by Crippen LogP contribution is -2.45. The second kappa shape index (κ2) is 8.52. The zero-order valence-corrected chi connectivity index (χ0v) is 14.4. The second-order valence-electron chi connectivity index (χ2n) is 6.59. The Balaban J connectivity index is 1.80. The van der Waals surface area contributed by atoms with Gasteiger partial charge in [-0.15, -0.1) is 0 Å². The standard InChI is InChI=1S/C19H26N2O3/c1-14(12-15-6-4-3-5-7-15)13-21(2)19(24)20-17-10-8-16(9-11-17)18(22)23/h3-7,12,16-17H,8-11,13H2,1-2H3,(H,20,24)(H,22,23)/b14-12+. The number of amides is 2. The molecule has 1 aliphatic carbocycles. The number of benzene rings is 1. The highest BCUT2D eigenvalue weighted by atomic mass is 16.4. The molecule has 0 saturated heterocycles. The third kappa shape index (κ3) is 5.41. The number of nitrogens with zero attached hydrogens (tertiary/aromatic N) is 1. The van der Waals surface area contributed by atoms with E-state index in [9.17, 15) is 9.59 Å². The lowest BCUT2D eigenvalue weighted by atomic mass is 9.86. The van der Waals surface area contributed by atoms with Gasteiger partial charge in [0.25, 0.3) is 0 Å². The molecule has 130 valence electrons. The Labute approximate surface area is 143 Å². The van der Waals surface area contributed by atoms with Crippen molar-refractivity contribution < 1.29 is 14.7 Å². The molecule has 1 aromatic carbocycles. The van der Waals surface area contributed by atoms with E-state index in [-0.39, 0.29) is 18.0 Å². The molecule has 2 N–H and O–H groups in total. The van der Waals surface area contributed by atoms with Crippen LogP contribution in [0.25, 0.3) is 6.08 Å². The van der Waals surface area contributed by atoms with Gasteiger partial charge in [-0.1, -0.05) is 42.0 Å². The minimum Gasteiger partial charge on any atom is -0.481 e. The van der Waals surface area contributed by atoms with Gasteiger partial charge < -0.3 is 15.3 Å². The molecular weight excluding hydrogens is 304 g/mol. The number of aliphatic carboxylic acids is 1. The van der Waals surface area contributed by atoms with E-state index in [1.165, 1.54) is 0 Å². The number of hydrogen-bond acceptors (Lipinski definition) is 2. The van der Waals surface area contributed by atoms with Crippen LogP contribution in [0.1, 0.15) is 38.2 Å². The smallest absolute Gasteiger partial charge is 0.317 e. The lowest BCUT2D eigenvalue weighted by Gasteiger charge is -2.29. The van der Waals surface area contributed by atoms with Gasteiger partial charge in [-0.25, -0.2) is 4.79 Å². The summed E-state index contributed by atoms with van der Waals surface area (Å²) in [5.41, 5.74) is 2.23. The van der Waals surface area contributed by atoms with Gasteiger partial charge in [-0.05, 0) is 38.2 Å². The first-order valence-electron chi connectivity index (χ1n) is 8.42. The summed E-state index contributed by atoms with van der Waals surface area (Å²) in [6, 6.07) is 10.00. The number of carbonyl (C=O) groups excluding carboxylic acids is 1. The van der Waals surface area contributed by atoms with Gasteiger partial charge in [-0.3, -0.25) is 4.79 Å². The average Bonchev–Trinajstić information content (AvgIpc) is 2.56. The van der Waals surface area contributed by atoms with Gasteiger partial charge in [0.2, 0.25) is 0 Å². The molecular formula is C19H26N2O3. The van der Waals surface area contributed by atoms with Crippen LogP contribution in [-0.4, -0.2) is 41.6 Å². The third-order valence-electron chi connectivity index (χ3n) is 4.45. The van der Waals surface area contributed by atoms with E-state index in [0.29, 0.717) is 19.4 Å². The van der Waals surface area contributed by atoms with Crippen molar-refractivity contribution in [2.45, 2.75) is 38.6 Å². The Kier molecular flexibility index (Phi) is 6.41. The number of urea groups is 1. The maximum absolute atomic E-state index is 12.3. The minimum atomic E-state index is -0.724. The predicted octanol–water partition coefficient (Wildman–Crippen LogP) is 3.37. The monoisotopic (exact) mass is 330 g/mol.